The highest BCUT2D eigenvalue weighted by molar-refractivity contribution is 5.77. The standard InChI is InChI=1S/C17H17NO6/c1-2-22-14-4-6-15(7-5-14)23-9-10-24-17-8-3-13(12-19)11-16(17)18(20)21/h3-8,11-12H,2,9-10H2,1H3. The second kappa shape index (κ2) is 8.52. The average Bonchev–Trinajstić information content (AvgIpc) is 2.60. The summed E-state index contributed by atoms with van der Waals surface area (Å²) in [6, 6.07) is 11.2. The predicted molar refractivity (Wildman–Crippen MR) is 87.1 cm³/mol. The zero-order valence-corrected chi connectivity index (χ0v) is 13.1. The number of nitrogens with zero attached hydrogens (tertiary/aromatic N) is 1. The lowest BCUT2D eigenvalue weighted by Crippen LogP contribution is -2.10. The zero-order valence-electron chi connectivity index (χ0n) is 13.1. The molecule has 0 spiro atoms. The Labute approximate surface area is 138 Å². The van der Waals surface area contributed by atoms with Crippen molar-refractivity contribution in [2.24, 2.45) is 0 Å². The summed E-state index contributed by atoms with van der Waals surface area (Å²) in [6.45, 7) is 2.85. The fourth-order valence-electron chi connectivity index (χ4n) is 1.98. The monoisotopic (exact) mass is 331 g/mol. The minimum atomic E-state index is -0.588. The highest BCUT2D eigenvalue weighted by atomic mass is 16.6. The van der Waals surface area contributed by atoms with E-state index in [1.165, 1.54) is 18.2 Å². The van der Waals surface area contributed by atoms with Crippen LogP contribution in [0.2, 0.25) is 0 Å². The molecule has 7 nitrogen and oxygen atoms in total. The molecule has 2 rings (SSSR count). The summed E-state index contributed by atoms with van der Waals surface area (Å²) in [5.74, 6) is 1.50. The molecule has 0 aliphatic carbocycles. The summed E-state index contributed by atoms with van der Waals surface area (Å²) in [4.78, 5) is 21.1. The van der Waals surface area contributed by atoms with Crippen LogP contribution in [0.15, 0.2) is 42.5 Å². The first-order chi connectivity index (χ1) is 11.6. The molecule has 2 aromatic rings. The van der Waals surface area contributed by atoms with E-state index in [1.807, 2.05) is 6.92 Å². The Kier molecular flexibility index (Phi) is 6.13. The molecule has 0 aliphatic rings. The first kappa shape index (κ1) is 17.3. The molecule has 0 radical (unpaired) electrons. The van der Waals surface area contributed by atoms with Gasteiger partial charge in [0.05, 0.1) is 11.5 Å². The first-order valence-corrected chi connectivity index (χ1v) is 7.36. The topological polar surface area (TPSA) is 87.9 Å². The minimum Gasteiger partial charge on any atom is -0.494 e. The molecule has 0 bridgehead atoms. The van der Waals surface area contributed by atoms with E-state index in [-0.39, 0.29) is 30.2 Å². The van der Waals surface area contributed by atoms with Crippen molar-refractivity contribution < 1.29 is 23.9 Å². The van der Waals surface area contributed by atoms with Crippen LogP contribution in [-0.2, 0) is 0 Å². The van der Waals surface area contributed by atoms with Gasteiger partial charge in [0, 0.05) is 11.6 Å². The van der Waals surface area contributed by atoms with Crippen molar-refractivity contribution in [3.8, 4) is 17.2 Å². The van der Waals surface area contributed by atoms with Crippen molar-refractivity contribution in [3.05, 3.63) is 58.1 Å². The molecule has 126 valence electrons. The van der Waals surface area contributed by atoms with Gasteiger partial charge < -0.3 is 14.2 Å². The summed E-state index contributed by atoms with van der Waals surface area (Å²) in [7, 11) is 0. The summed E-state index contributed by atoms with van der Waals surface area (Å²) in [5, 5.41) is 11.0. The second-order valence-electron chi connectivity index (χ2n) is 4.70. The molecule has 0 aromatic heterocycles. The van der Waals surface area contributed by atoms with Crippen LogP contribution in [0.25, 0.3) is 0 Å². The molecule has 0 heterocycles. The van der Waals surface area contributed by atoms with Gasteiger partial charge in [-0.15, -0.1) is 0 Å². The molecule has 2 aromatic carbocycles. The van der Waals surface area contributed by atoms with Crippen LogP contribution < -0.4 is 14.2 Å². The largest absolute Gasteiger partial charge is 0.494 e. The number of carbonyl (C=O) groups excluding carboxylic acids is 1. The lowest BCUT2D eigenvalue weighted by atomic mass is 10.2. The van der Waals surface area contributed by atoms with Gasteiger partial charge in [-0.25, -0.2) is 0 Å². The molecule has 0 atom stereocenters. The molecule has 7 heteroatoms. The zero-order chi connectivity index (χ0) is 17.4. The summed E-state index contributed by atoms with van der Waals surface area (Å²) >= 11 is 0. The highest BCUT2D eigenvalue weighted by Crippen LogP contribution is 2.27. The van der Waals surface area contributed by atoms with Gasteiger partial charge in [0.15, 0.2) is 5.75 Å². The Bertz CT molecular complexity index is 699. The van der Waals surface area contributed by atoms with Gasteiger partial charge in [0.2, 0.25) is 0 Å². The molecule has 0 saturated heterocycles. The van der Waals surface area contributed by atoms with Crippen molar-refractivity contribution in [2.45, 2.75) is 6.92 Å². The molecular weight excluding hydrogens is 314 g/mol. The van der Waals surface area contributed by atoms with Gasteiger partial charge in [0.1, 0.15) is 31.0 Å². The lowest BCUT2D eigenvalue weighted by molar-refractivity contribution is -0.385. The van der Waals surface area contributed by atoms with E-state index in [1.54, 1.807) is 24.3 Å². The molecule has 0 unspecified atom stereocenters. The molecule has 24 heavy (non-hydrogen) atoms. The Balaban J connectivity index is 1.88. The van der Waals surface area contributed by atoms with Crippen molar-refractivity contribution in [1.29, 1.82) is 0 Å². The quantitative estimate of drug-likeness (QED) is 0.303. The maximum atomic E-state index is 11.0. The van der Waals surface area contributed by atoms with Gasteiger partial charge in [-0.05, 0) is 43.3 Å². The minimum absolute atomic E-state index is 0.0980. The van der Waals surface area contributed by atoms with E-state index in [2.05, 4.69) is 0 Å². The molecule has 0 fully saturated rings. The SMILES string of the molecule is CCOc1ccc(OCCOc2ccc(C=O)cc2[N+](=O)[O-])cc1. The lowest BCUT2D eigenvalue weighted by Gasteiger charge is -2.09. The fraction of sp³-hybridized carbons (Fsp3) is 0.235. The molecule has 0 N–H and O–H groups in total. The van der Waals surface area contributed by atoms with Crippen molar-refractivity contribution in [1.82, 2.24) is 0 Å². The smallest absolute Gasteiger partial charge is 0.311 e. The number of hydrogen-bond donors (Lipinski definition) is 0. The predicted octanol–water partition coefficient (Wildman–Crippen LogP) is 3.26. The van der Waals surface area contributed by atoms with Crippen LogP contribution in [0.5, 0.6) is 17.2 Å². The van der Waals surface area contributed by atoms with E-state index in [0.29, 0.717) is 18.6 Å². The molecule has 0 amide bonds. The number of aldehydes is 1. The van der Waals surface area contributed by atoms with Crippen molar-refractivity contribution in [2.75, 3.05) is 19.8 Å². The van der Waals surface area contributed by atoms with E-state index in [4.69, 9.17) is 14.2 Å². The number of ether oxygens (including phenoxy) is 3. The molecular formula is C17H17NO6. The Morgan fingerprint density at radius 2 is 1.62 bits per heavy atom. The van der Waals surface area contributed by atoms with Gasteiger partial charge in [-0.1, -0.05) is 0 Å². The Hall–Kier alpha value is -3.09. The summed E-state index contributed by atoms with van der Waals surface area (Å²) < 4.78 is 16.2. The fourth-order valence-corrected chi connectivity index (χ4v) is 1.98. The van der Waals surface area contributed by atoms with Crippen molar-refractivity contribution in [3.63, 3.8) is 0 Å². The van der Waals surface area contributed by atoms with E-state index in [9.17, 15) is 14.9 Å². The van der Waals surface area contributed by atoms with Crippen molar-refractivity contribution >= 4 is 12.0 Å². The van der Waals surface area contributed by atoms with Crippen LogP contribution in [0.3, 0.4) is 0 Å². The number of carbonyl (C=O) groups is 1. The Morgan fingerprint density at radius 3 is 2.21 bits per heavy atom. The second-order valence-corrected chi connectivity index (χ2v) is 4.70. The maximum Gasteiger partial charge on any atom is 0.311 e. The average molecular weight is 331 g/mol. The van der Waals surface area contributed by atoms with E-state index >= 15 is 0 Å². The third-order valence-electron chi connectivity index (χ3n) is 3.06. The van der Waals surface area contributed by atoms with Gasteiger partial charge >= 0.3 is 5.69 Å². The third-order valence-corrected chi connectivity index (χ3v) is 3.06. The summed E-state index contributed by atoms with van der Waals surface area (Å²) in [6.07, 6.45) is 0.547. The maximum absolute atomic E-state index is 11.0. The van der Waals surface area contributed by atoms with Gasteiger partial charge in [-0.3, -0.25) is 14.9 Å². The molecule has 0 saturated carbocycles. The van der Waals surface area contributed by atoms with Crippen LogP contribution in [0, 0.1) is 10.1 Å². The number of rotatable bonds is 9. The number of benzene rings is 2. The molecule has 0 aliphatic heterocycles. The number of hydrogen-bond acceptors (Lipinski definition) is 6. The Morgan fingerprint density at radius 1 is 1.00 bits per heavy atom. The summed E-state index contributed by atoms with van der Waals surface area (Å²) in [5.41, 5.74) is -0.0274. The number of nitro groups is 1. The van der Waals surface area contributed by atoms with Gasteiger partial charge in [-0.2, -0.15) is 0 Å². The van der Waals surface area contributed by atoms with Crippen LogP contribution in [0.4, 0.5) is 5.69 Å². The number of nitro benzene ring substituents is 1. The highest BCUT2D eigenvalue weighted by Gasteiger charge is 2.15. The van der Waals surface area contributed by atoms with Crippen LogP contribution >= 0.6 is 0 Å². The van der Waals surface area contributed by atoms with Crippen LogP contribution in [0.1, 0.15) is 17.3 Å². The van der Waals surface area contributed by atoms with Gasteiger partial charge in [0.25, 0.3) is 0 Å². The van der Waals surface area contributed by atoms with Crippen LogP contribution in [-0.4, -0.2) is 31.0 Å². The van der Waals surface area contributed by atoms with E-state index in [0.717, 1.165) is 5.75 Å². The third kappa shape index (κ3) is 4.70. The normalized spacial score (nSPS) is 10.0. The first-order valence-electron chi connectivity index (χ1n) is 7.36. The van der Waals surface area contributed by atoms with E-state index < -0.39 is 4.92 Å².